The van der Waals surface area contributed by atoms with Crippen molar-refractivity contribution in [2.75, 3.05) is 0 Å². The predicted octanol–water partition coefficient (Wildman–Crippen LogP) is 2.08. The molecule has 0 bridgehead atoms. The number of nitrogens with zero attached hydrogens (tertiary/aromatic N) is 4. The number of rotatable bonds is 4. The second-order valence-electron chi connectivity index (χ2n) is 5.94. The molecule has 1 aromatic carbocycles. The SMILES string of the molecule is O=C(Cn1cc(-c2cncs2)nn1)NC1CCc2ccccc2C1. The normalized spacial score (nSPS) is 16.6. The second kappa shape index (κ2) is 6.52. The number of hydrogen-bond acceptors (Lipinski definition) is 5. The average Bonchev–Trinajstić information content (AvgIpc) is 3.26. The number of aromatic nitrogens is 4. The predicted molar refractivity (Wildman–Crippen MR) is 91.5 cm³/mol. The van der Waals surface area contributed by atoms with Crippen molar-refractivity contribution in [2.45, 2.75) is 31.8 Å². The number of nitrogens with one attached hydrogen (secondary N) is 1. The molecule has 7 heteroatoms. The van der Waals surface area contributed by atoms with Crippen LogP contribution in [0, 0.1) is 0 Å². The third kappa shape index (κ3) is 3.21. The zero-order valence-corrected chi connectivity index (χ0v) is 13.9. The number of hydrogen-bond donors (Lipinski definition) is 1. The van der Waals surface area contributed by atoms with E-state index in [-0.39, 0.29) is 18.5 Å². The van der Waals surface area contributed by atoms with E-state index in [4.69, 9.17) is 0 Å². The summed E-state index contributed by atoms with van der Waals surface area (Å²) in [6.45, 7) is 0.184. The molecular formula is C17H17N5OS. The van der Waals surface area contributed by atoms with Crippen molar-refractivity contribution in [3.63, 3.8) is 0 Å². The fraction of sp³-hybridized carbons (Fsp3) is 0.294. The summed E-state index contributed by atoms with van der Waals surface area (Å²) in [6.07, 6.45) is 6.42. The number of amides is 1. The van der Waals surface area contributed by atoms with Crippen LogP contribution in [0.5, 0.6) is 0 Å². The van der Waals surface area contributed by atoms with Gasteiger partial charge in [0, 0.05) is 12.2 Å². The minimum absolute atomic E-state index is 0.0277. The van der Waals surface area contributed by atoms with Crippen LogP contribution in [-0.2, 0) is 24.2 Å². The summed E-state index contributed by atoms with van der Waals surface area (Å²) in [7, 11) is 0. The van der Waals surface area contributed by atoms with Crippen LogP contribution >= 0.6 is 11.3 Å². The van der Waals surface area contributed by atoms with Gasteiger partial charge in [-0.25, -0.2) is 4.68 Å². The Labute approximate surface area is 143 Å². The number of carbonyl (C=O) groups excluding carboxylic acids is 1. The Bertz CT molecular complexity index is 842. The quantitative estimate of drug-likeness (QED) is 0.790. The van der Waals surface area contributed by atoms with Gasteiger partial charge in [0.2, 0.25) is 5.91 Å². The largest absolute Gasteiger partial charge is 0.351 e. The van der Waals surface area contributed by atoms with E-state index in [0.717, 1.165) is 29.8 Å². The summed E-state index contributed by atoms with van der Waals surface area (Å²) in [5.74, 6) is -0.0277. The van der Waals surface area contributed by atoms with Crippen LogP contribution in [0.1, 0.15) is 17.5 Å². The Kier molecular flexibility index (Phi) is 4.08. The minimum atomic E-state index is -0.0277. The summed E-state index contributed by atoms with van der Waals surface area (Å²) in [6, 6.07) is 8.63. The number of carbonyl (C=O) groups is 1. The van der Waals surface area contributed by atoms with E-state index >= 15 is 0 Å². The molecule has 0 saturated carbocycles. The lowest BCUT2D eigenvalue weighted by Crippen LogP contribution is -2.40. The molecule has 2 heterocycles. The Morgan fingerprint density at radius 1 is 1.33 bits per heavy atom. The molecule has 4 rings (SSSR count). The van der Waals surface area contributed by atoms with Crippen molar-refractivity contribution < 1.29 is 4.79 Å². The molecule has 1 aliphatic rings. The summed E-state index contributed by atoms with van der Waals surface area (Å²) in [4.78, 5) is 17.3. The fourth-order valence-corrected chi connectivity index (χ4v) is 3.64. The van der Waals surface area contributed by atoms with E-state index in [1.165, 1.54) is 22.5 Å². The Hall–Kier alpha value is -2.54. The maximum Gasteiger partial charge on any atom is 0.242 e. The molecule has 0 radical (unpaired) electrons. The molecule has 0 aliphatic heterocycles. The lowest BCUT2D eigenvalue weighted by Gasteiger charge is -2.25. The van der Waals surface area contributed by atoms with E-state index in [0.29, 0.717) is 0 Å². The molecule has 24 heavy (non-hydrogen) atoms. The fourth-order valence-electron chi connectivity index (χ4n) is 3.07. The molecule has 2 aromatic heterocycles. The Balaban J connectivity index is 1.36. The highest BCUT2D eigenvalue weighted by Gasteiger charge is 2.20. The van der Waals surface area contributed by atoms with Gasteiger partial charge in [0.05, 0.1) is 16.6 Å². The van der Waals surface area contributed by atoms with Crippen molar-refractivity contribution in [1.82, 2.24) is 25.3 Å². The van der Waals surface area contributed by atoms with Gasteiger partial charge in [-0.05, 0) is 30.4 Å². The zero-order chi connectivity index (χ0) is 16.4. The van der Waals surface area contributed by atoms with Crippen molar-refractivity contribution in [2.24, 2.45) is 0 Å². The van der Waals surface area contributed by atoms with Gasteiger partial charge in [-0.1, -0.05) is 29.5 Å². The van der Waals surface area contributed by atoms with Crippen molar-refractivity contribution in [3.8, 4) is 10.6 Å². The highest BCUT2D eigenvalue weighted by molar-refractivity contribution is 7.13. The molecule has 1 aliphatic carbocycles. The number of thiazole rings is 1. The lowest BCUT2D eigenvalue weighted by atomic mass is 9.88. The number of aryl methyl sites for hydroxylation is 1. The summed E-state index contributed by atoms with van der Waals surface area (Å²) in [5, 5.41) is 11.2. The summed E-state index contributed by atoms with van der Waals surface area (Å²) < 4.78 is 1.57. The first-order valence-electron chi connectivity index (χ1n) is 7.93. The standard InChI is InChI=1S/C17H17N5OS/c23-17(10-22-9-15(20-21-22)16-8-18-11-24-16)19-14-6-5-12-3-1-2-4-13(12)7-14/h1-4,8-9,11,14H,5-7,10H2,(H,19,23). The van der Waals surface area contributed by atoms with Gasteiger partial charge < -0.3 is 5.32 Å². The number of benzene rings is 1. The summed E-state index contributed by atoms with van der Waals surface area (Å²) in [5.41, 5.74) is 5.23. The van der Waals surface area contributed by atoms with Gasteiger partial charge in [0.15, 0.2) is 0 Å². The van der Waals surface area contributed by atoms with E-state index in [2.05, 4.69) is 44.9 Å². The van der Waals surface area contributed by atoms with Crippen LogP contribution < -0.4 is 5.32 Å². The van der Waals surface area contributed by atoms with Crippen LogP contribution in [-0.4, -0.2) is 31.9 Å². The molecule has 0 fully saturated rings. The van der Waals surface area contributed by atoms with Crippen molar-refractivity contribution in [3.05, 3.63) is 53.3 Å². The monoisotopic (exact) mass is 339 g/mol. The highest BCUT2D eigenvalue weighted by Crippen LogP contribution is 2.21. The van der Waals surface area contributed by atoms with E-state index in [9.17, 15) is 4.79 Å². The van der Waals surface area contributed by atoms with Gasteiger partial charge in [-0.3, -0.25) is 9.78 Å². The lowest BCUT2D eigenvalue weighted by molar-refractivity contribution is -0.122. The first-order chi connectivity index (χ1) is 11.8. The summed E-state index contributed by atoms with van der Waals surface area (Å²) >= 11 is 1.50. The molecule has 3 aromatic rings. The van der Waals surface area contributed by atoms with Crippen LogP contribution in [0.3, 0.4) is 0 Å². The average molecular weight is 339 g/mol. The number of fused-ring (bicyclic) bond motifs is 1. The molecule has 1 atom stereocenters. The Morgan fingerprint density at radius 2 is 2.21 bits per heavy atom. The van der Waals surface area contributed by atoms with Crippen LogP contribution in [0.2, 0.25) is 0 Å². The van der Waals surface area contributed by atoms with Gasteiger partial charge in [-0.2, -0.15) is 0 Å². The topological polar surface area (TPSA) is 72.7 Å². The smallest absolute Gasteiger partial charge is 0.242 e. The molecule has 0 spiro atoms. The molecule has 1 unspecified atom stereocenters. The molecule has 0 saturated heterocycles. The van der Waals surface area contributed by atoms with Gasteiger partial charge in [-0.15, -0.1) is 16.4 Å². The zero-order valence-electron chi connectivity index (χ0n) is 13.1. The van der Waals surface area contributed by atoms with Gasteiger partial charge >= 0.3 is 0 Å². The van der Waals surface area contributed by atoms with E-state index in [1.807, 2.05) is 0 Å². The van der Waals surface area contributed by atoms with E-state index in [1.54, 1.807) is 22.6 Å². The minimum Gasteiger partial charge on any atom is -0.351 e. The van der Waals surface area contributed by atoms with Crippen molar-refractivity contribution in [1.29, 1.82) is 0 Å². The second-order valence-corrected chi connectivity index (χ2v) is 6.83. The van der Waals surface area contributed by atoms with Crippen LogP contribution in [0.15, 0.2) is 42.2 Å². The van der Waals surface area contributed by atoms with Gasteiger partial charge in [0.25, 0.3) is 0 Å². The molecule has 1 amide bonds. The maximum absolute atomic E-state index is 12.3. The third-order valence-corrected chi connectivity index (χ3v) is 5.04. The van der Waals surface area contributed by atoms with Crippen LogP contribution in [0.25, 0.3) is 10.6 Å². The van der Waals surface area contributed by atoms with Gasteiger partial charge in [0.1, 0.15) is 12.2 Å². The highest BCUT2D eigenvalue weighted by atomic mass is 32.1. The van der Waals surface area contributed by atoms with E-state index < -0.39 is 0 Å². The van der Waals surface area contributed by atoms with Crippen molar-refractivity contribution >= 4 is 17.2 Å². The maximum atomic E-state index is 12.3. The third-order valence-electron chi connectivity index (χ3n) is 4.24. The molecule has 122 valence electrons. The molecule has 6 nitrogen and oxygen atoms in total. The first kappa shape index (κ1) is 15.0. The Morgan fingerprint density at radius 3 is 3.04 bits per heavy atom. The molecule has 1 N–H and O–H groups in total. The first-order valence-corrected chi connectivity index (χ1v) is 8.81. The van der Waals surface area contributed by atoms with Crippen LogP contribution in [0.4, 0.5) is 0 Å². The molecular weight excluding hydrogens is 322 g/mol.